The van der Waals surface area contributed by atoms with Crippen LogP contribution in [-0.2, 0) is 0 Å². The first kappa shape index (κ1) is 15.2. The van der Waals surface area contributed by atoms with Crippen LogP contribution in [0.4, 0.5) is 0 Å². The van der Waals surface area contributed by atoms with E-state index < -0.39 is 0 Å². The molecular formula is C16H16ClNO3. The van der Waals surface area contributed by atoms with Crippen molar-refractivity contribution in [2.75, 3.05) is 13.2 Å². The molecule has 0 spiro atoms. The molecule has 0 aliphatic rings. The number of amides is 1. The van der Waals surface area contributed by atoms with Crippen LogP contribution in [0.3, 0.4) is 0 Å². The van der Waals surface area contributed by atoms with Crippen LogP contribution in [0, 0.1) is 6.92 Å². The molecule has 0 atom stereocenters. The fourth-order valence-electron chi connectivity index (χ4n) is 1.79. The number of carbonyl (C=O) groups is 1. The van der Waals surface area contributed by atoms with Crippen LogP contribution in [0.5, 0.6) is 11.5 Å². The van der Waals surface area contributed by atoms with Crippen LogP contribution >= 0.6 is 11.6 Å². The number of aromatic hydroxyl groups is 1. The Labute approximate surface area is 128 Å². The standard InChI is InChI=1S/C16H16ClNO3/c1-11-2-7-15(19)14(10-11)16(20)18-8-9-21-13-5-3-12(17)4-6-13/h2-7,10,19H,8-9H2,1H3,(H,18,20). The van der Waals surface area contributed by atoms with Gasteiger partial charge in [-0.3, -0.25) is 4.79 Å². The van der Waals surface area contributed by atoms with Crippen molar-refractivity contribution in [2.24, 2.45) is 0 Å². The molecule has 2 aromatic carbocycles. The molecule has 2 rings (SSSR count). The third-order valence-electron chi connectivity index (χ3n) is 2.87. The van der Waals surface area contributed by atoms with Crippen molar-refractivity contribution in [3.05, 3.63) is 58.6 Å². The van der Waals surface area contributed by atoms with E-state index in [0.717, 1.165) is 5.56 Å². The van der Waals surface area contributed by atoms with Gasteiger partial charge in [-0.25, -0.2) is 0 Å². The predicted molar refractivity (Wildman–Crippen MR) is 82.1 cm³/mol. The van der Waals surface area contributed by atoms with Crippen LogP contribution < -0.4 is 10.1 Å². The fraction of sp³-hybridized carbons (Fsp3) is 0.188. The molecule has 0 bridgehead atoms. The molecule has 0 aromatic heterocycles. The molecule has 1 amide bonds. The molecule has 0 saturated carbocycles. The first-order valence-electron chi connectivity index (χ1n) is 6.52. The van der Waals surface area contributed by atoms with Gasteiger partial charge in [-0.15, -0.1) is 0 Å². The monoisotopic (exact) mass is 305 g/mol. The maximum atomic E-state index is 11.9. The zero-order chi connectivity index (χ0) is 15.2. The van der Waals surface area contributed by atoms with Gasteiger partial charge in [-0.1, -0.05) is 23.2 Å². The highest BCUT2D eigenvalue weighted by atomic mass is 35.5. The quantitative estimate of drug-likeness (QED) is 0.834. The average Bonchev–Trinajstić information content (AvgIpc) is 2.47. The first-order valence-corrected chi connectivity index (χ1v) is 6.90. The molecule has 0 unspecified atom stereocenters. The maximum Gasteiger partial charge on any atom is 0.255 e. The zero-order valence-electron chi connectivity index (χ0n) is 11.6. The second-order valence-electron chi connectivity index (χ2n) is 4.58. The minimum absolute atomic E-state index is 0.0308. The molecule has 21 heavy (non-hydrogen) atoms. The number of hydrogen-bond donors (Lipinski definition) is 2. The maximum absolute atomic E-state index is 11.9. The number of carbonyl (C=O) groups excluding carboxylic acids is 1. The number of nitrogens with one attached hydrogen (secondary N) is 1. The molecule has 0 fully saturated rings. The van der Waals surface area contributed by atoms with E-state index in [4.69, 9.17) is 16.3 Å². The number of rotatable bonds is 5. The van der Waals surface area contributed by atoms with Gasteiger partial charge < -0.3 is 15.2 Å². The summed E-state index contributed by atoms with van der Waals surface area (Å²) in [5.41, 5.74) is 1.18. The highest BCUT2D eigenvalue weighted by molar-refractivity contribution is 6.30. The number of aryl methyl sites for hydroxylation is 1. The molecular weight excluding hydrogens is 290 g/mol. The third-order valence-corrected chi connectivity index (χ3v) is 3.12. The molecule has 2 N–H and O–H groups in total. The van der Waals surface area contributed by atoms with Crippen LogP contribution in [0.1, 0.15) is 15.9 Å². The molecule has 110 valence electrons. The van der Waals surface area contributed by atoms with Gasteiger partial charge in [0.15, 0.2) is 0 Å². The largest absolute Gasteiger partial charge is 0.507 e. The van der Waals surface area contributed by atoms with Gasteiger partial charge in [0.1, 0.15) is 18.1 Å². The van der Waals surface area contributed by atoms with Gasteiger partial charge in [0, 0.05) is 5.02 Å². The smallest absolute Gasteiger partial charge is 0.255 e. The number of benzene rings is 2. The number of phenols is 1. The van der Waals surface area contributed by atoms with Crippen LogP contribution in [0.25, 0.3) is 0 Å². The minimum Gasteiger partial charge on any atom is -0.507 e. The Morgan fingerprint density at radius 1 is 1.24 bits per heavy atom. The van der Waals surface area contributed by atoms with Gasteiger partial charge in [0.2, 0.25) is 0 Å². The lowest BCUT2D eigenvalue weighted by molar-refractivity contribution is 0.0944. The van der Waals surface area contributed by atoms with E-state index in [1.807, 2.05) is 6.92 Å². The lowest BCUT2D eigenvalue weighted by Gasteiger charge is -2.09. The zero-order valence-corrected chi connectivity index (χ0v) is 12.4. The van der Waals surface area contributed by atoms with E-state index >= 15 is 0 Å². The highest BCUT2D eigenvalue weighted by Crippen LogP contribution is 2.18. The van der Waals surface area contributed by atoms with Crippen LogP contribution in [0.2, 0.25) is 5.02 Å². The second kappa shape index (κ2) is 6.99. The summed E-state index contributed by atoms with van der Waals surface area (Å²) in [5, 5.41) is 13.0. The van der Waals surface area contributed by atoms with Crippen molar-refractivity contribution < 1.29 is 14.6 Å². The Morgan fingerprint density at radius 3 is 2.67 bits per heavy atom. The summed E-state index contributed by atoms with van der Waals surface area (Å²) in [7, 11) is 0. The summed E-state index contributed by atoms with van der Waals surface area (Å²) in [6.07, 6.45) is 0. The molecule has 0 aliphatic carbocycles. The van der Waals surface area contributed by atoms with Crippen LogP contribution in [0.15, 0.2) is 42.5 Å². The number of halogens is 1. The van der Waals surface area contributed by atoms with Crippen molar-refractivity contribution in [3.8, 4) is 11.5 Å². The van der Waals surface area contributed by atoms with E-state index in [1.165, 1.54) is 6.07 Å². The Kier molecular flexibility index (Phi) is 5.06. The number of hydrogen-bond acceptors (Lipinski definition) is 3. The van der Waals surface area contributed by atoms with Gasteiger partial charge in [0.05, 0.1) is 12.1 Å². The van der Waals surface area contributed by atoms with Gasteiger partial charge in [-0.2, -0.15) is 0 Å². The fourth-order valence-corrected chi connectivity index (χ4v) is 1.92. The van der Waals surface area contributed by atoms with Crippen molar-refractivity contribution in [1.29, 1.82) is 0 Å². The normalized spacial score (nSPS) is 10.2. The summed E-state index contributed by atoms with van der Waals surface area (Å²) in [6.45, 7) is 2.54. The Morgan fingerprint density at radius 2 is 1.95 bits per heavy atom. The number of ether oxygens (including phenoxy) is 1. The van der Waals surface area contributed by atoms with E-state index in [-0.39, 0.29) is 17.2 Å². The minimum atomic E-state index is -0.323. The summed E-state index contributed by atoms with van der Waals surface area (Å²) in [5.74, 6) is 0.333. The summed E-state index contributed by atoms with van der Waals surface area (Å²) >= 11 is 5.77. The third kappa shape index (κ3) is 4.39. The Balaban J connectivity index is 1.81. The molecule has 2 aromatic rings. The summed E-state index contributed by atoms with van der Waals surface area (Å²) in [4.78, 5) is 11.9. The van der Waals surface area contributed by atoms with Crippen molar-refractivity contribution >= 4 is 17.5 Å². The van der Waals surface area contributed by atoms with E-state index in [1.54, 1.807) is 36.4 Å². The Bertz CT molecular complexity index is 626. The van der Waals surface area contributed by atoms with E-state index in [2.05, 4.69) is 5.32 Å². The lowest BCUT2D eigenvalue weighted by atomic mass is 10.1. The lowest BCUT2D eigenvalue weighted by Crippen LogP contribution is -2.28. The molecule has 4 nitrogen and oxygen atoms in total. The number of phenolic OH excluding ortho intramolecular Hbond substituents is 1. The van der Waals surface area contributed by atoms with Gasteiger partial charge in [0.25, 0.3) is 5.91 Å². The average molecular weight is 306 g/mol. The highest BCUT2D eigenvalue weighted by Gasteiger charge is 2.10. The van der Waals surface area contributed by atoms with Crippen LogP contribution in [-0.4, -0.2) is 24.2 Å². The van der Waals surface area contributed by atoms with Crippen molar-refractivity contribution in [1.82, 2.24) is 5.32 Å². The predicted octanol–water partition coefficient (Wildman–Crippen LogP) is 3.16. The summed E-state index contributed by atoms with van der Waals surface area (Å²) < 4.78 is 5.47. The Hall–Kier alpha value is -2.20. The molecule has 0 saturated heterocycles. The topological polar surface area (TPSA) is 58.6 Å². The molecule has 0 heterocycles. The van der Waals surface area contributed by atoms with E-state index in [9.17, 15) is 9.90 Å². The van der Waals surface area contributed by atoms with Gasteiger partial charge in [-0.05, 0) is 43.3 Å². The van der Waals surface area contributed by atoms with E-state index in [0.29, 0.717) is 23.9 Å². The molecule has 5 heteroatoms. The van der Waals surface area contributed by atoms with Crippen molar-refractivity contribution in [2.45, 2.75) is 6.92 Å². The second-order valence-corrected chi connectivity index (χ2v) is 5.02. The molecule has 0 radical (unpaired) electrons. The SMILES string of the molecule is Cc1ccc(O)c(C(=O)NCCOc2ccc(Cl)cc2)c1. The van der Waals surface area contributed by atoms with Gasteiger partial charge >= 0.3 is 0 Å². The van der Waals surface area contributed by atoms with Crippen molar-refractivity contribution in [3.63, 3.8) is 0 Å². The molecule has 0 aliphatic heterocycles. The first-order chi connectivity index (χ1) is 10.1. The summed E-state index contributed by atoms with van der Waals surface area (Å²) in [6, 6.07) is 11.9.